The van der Waals surface area contributed by atoms with Crippen LogP contribution in [-0.4, -0.2) is 35.7 Å². The van der Waals surface area contributed by atoms with Crippen LogP contribution in [0.5, 0.6) is 11.5 Å². The number of para-hydroxylation sites is 2. The van der Waals surface area contributed by atoms with E-state index in [-0.39, 0.29) is 30.5 Å². The van der Waals surface area contributed by atoms with Crippen molar-refractivity contribution in [3.63, 3.8) is 0 Å². The molecular weight excluding hydrogens is 471 g/mol. The summed E-state index contributed by atoms with van der Waals surface area (Å²) in [7, 11) is 1.60. The Kier molecular flexibility index (Phi) is 6.30. The maximum absolute atomic E-state index is 13.2. The van der Waals surface area contributed by atoms with Crippen LogP contribution in [0.4, 0.5) is 18.9 Å². The molecule has 2 heterocycles. The number of hydrogen-bond donors (Lipinski definition) is 0. The molecule has 5 rings (SSSR count). The Bertz CT molecular complexity index is 1380. The second-order valence-electron chi connectivity index (χ2n) is 8.59. The number of ether oxygens (including phenoxy) is 2. The molecule has 1 fully saturated rings. The van der Waals surface area contributed by atoms with E-state index in [0.717, 1.165) is 34.7 Å². The fourth-order valence-electron chi connectivity index (χ4n) is 4.55. The van der Waals surface area contributed by atoms with Gasteiger partial charge in [0.15, 0.2) is 0 Å². The predicted octanol–water partition coefficient (Wildman–Crippen LogP) is 5.66. The van der Waals surface area contributed by atoms with Crippen molar-refractivity contribution in [1.29, 1.82) is 0 Å². The number of carbonyl (C=O) groups is 1. The minimum Gasteiger partial charge on any atom is -0.497 e. The van der Waals surface area contributed by atoms with E-state index in [2.05, 4.69) is 0 Å². The zero-order valence-corrected chi connectivity index (χ0v) is 19.5. The molecule has 6 nitrogen and oxygen atoms in total. The normalized spacial score (nSPS) is 16.1. The number of amides is 1. The third-order valence-electron chi connectivity index (χ3n) is 6.30. The Morgan fingerprint density at radius 3 is 2.50 bits per heavy atom. The van der Waals surface area contributed by atoms with Gasteiger partial charge >= 0.3 is 6.18 Å². The number of aromatic nitrogens is 2. The van der Waals surface area contributed by atoms with Crippen molar-refractivity contribution >= 4 is 22.6 Å². The fraction of sp³-hybridized carbons (Fsp3) is 0.259. The van der Waals surface area contributed by atoms with Crippen molar-refractivity contribution < 1.29 is 27.4 Å². The topological polar surface area (TPSA) is 56.6 Å². The van der Waals surface area contributed by atoms with Crippen LogP contribution in [0, 0.1) is 0 Å². The average Bonchev–Trinajstić information content (AvgIpc) is 3.44. The monoisotopic (exact) mass is 495 g/mol. The maximum Gasteiger partial charge on any atom is 0.416 e. The lowest BCUT2D eigenvalue weighted by Crippen LogP contribution is -2.25. The van der Waals surface area contributed by atoms with E-state index in [9.17, 15) is 18.0 Å². The van der Waals surface area contributed by atoms with Gasteiger partial charge in [0, 0.05) is 24.6 Å². The number of nitrogens with zero attached hydrogens (tertiary/aromatic N) is 3. The van der Waals surface area contributed by atoms with Gasteiger partial charge in [0.25, 0.3) is 0 Å². The predicted molar refractivity (Wildman–Crippen MR) is 129 cm³/mol. The molecule has 0 aliphatic carbocycles. The summed E-state index contributed by atoms with van der Waals surface area (Å²) in [6.07, 6.45) is -4.31. The van der Waals surface area contributed by atoms with Gasteiger partial charge in [-0.25, -0.2) is 4.98 Å². The second-order valence-corrected chi connectivity index (χ2v) is 8.59. The molecule has 1 atom stereocenters. The number of benzene rings is 3. The number of fused-ring (bicyclic) bond motifs is 1. The van der Waals surface area contributed by atoms with Crippen LogP contribution >= 0.6 is 0 Å². The Labute approximate surface area is 205 Å². The van der Waals surface area contributed by atoms with E-state index in [4.69, 9.17) is 14.5 Å². The molecule has 0 spiro atoms. The van der Waals surface area contributed by atoms with Crippen molar-refractivity contribution in [2.75, 3.05) is 25.2 Å². The summed E-state index contributed by atoms with van der Waals surface area (Å²) < 4.78 is 52.7. The largest absolute Gasteiger partial charge is 0.497 e. The number of rotatable bonds is 7. The highest BCUT2D eigenvalue weighted by Crippen LogP contribution is 2.36. The first kappa shape index (κ1) is 23.7. The molecule has 1 aromatic heterocycles. The SMILES string of the molecule is COc1ccc(OCCn2c(C3CC(=O)N(c4cccc(C(F)(F)F)c4)C3)nc3ccccc32)cc1. The smallest absolute Gasteiger partial charge is 0.416 e. The first-order valence-corrected chi connectivity index (χ1v) is 11.5. The molecule has 1 saturated heterocycles. The highest BCUT2D eigenvalue weighted by molar-refractivity contribution is 5.96. The van der Waals surface area contributed by atoms with E-state index >= 15 is 0 Å². The summed E-state index contributed by atoms with van der Waals surface area (Å²) in [5.74, 6) is 1.67. The van der Waals surface area contributed by atoms with Gasteiger partial charge in [0.1, 0.15) is 23.9 Å². The van der Waals surface area contributed by atoms with Crippen molar-refractivity contribution in [2.45, 2.75) is 25.1 Å². The summed E-state index contributed by atoms with van der Waals surface area (Å²) in [6, 6.07) is 19.8. The van der Waals surface area contributed by atoms with Crippen molar-refractivity contribution in [3.8, 4) is 11.5 Å². The van der Waals surface area contributed by atoms with Gasteiger partial charge in [-0.3, -0.25) is 4.79 Å². The third-order valence-corrected chi connectivity index (χ3v) is 6.30. The molecule has 0 N–H and O–H groups in total. The molecule has 36 heavy (non-hydrogen) atoms. The molecule has 9 heteroatoms. The van der Waals surface area contributed by atoms with E-state index in [1.54, 1.807) is 7.11 Å². The number of methoxy groups -OCH3 is 1. The van der Waals surface area contributed by atoms with Crippen LogP contribution in [0.25, 0.3) is 11.0 Å². The van der Waals surface area contributed by atoms with Gasteiger partial charge in [0.2, 0.25) is 5.91 Å². The van der Waals surface area contributed by atoms with Crippen molar-refractivity contribution in [2.24, 2.45) is 0 Å². The third kappa shape index (κ3) is 4.73. The minimum absolute atomic E-state index is 0.166. The minimum atomic E-state index is -4.48. The first-order chi connectivity index (χ1) is 17.3. The average molecular weight is 496 g/mol. The van der Waals surface area contributed by atoms with Crippen LogP contribution in [-0.2, 0) is 17.5 Å². The van der Waals surface area contributed by atoms with Gasteiger partial charge in [-0.1, -0.05) is 18.2 Å². The van der Waals surface area contributed by atoms with Gasteiger partial charge < -0.3 is 18.9 Å². The quantitative estimate of drug-likeness (QED) is 0.332. The molecule has 1 aliphatic rings. The lowest BCUT2D eigenvalue weighted by Gasteiger charge is -2.19. The molecule has 0 radical (unpaired) electrons. The Hall–Kier alpha value is -4.01. The van der Waals surface area contributed by atoms with Crippen LogP contribution in [0.2, 0.25) is 0 Å². The summed E-state index contributed by atoms with van der Waals surface area (Å²) >= 11 is 0. The highest BCUT2D eigenvalue weighted by Gasteiger charge is 2.36. The van der Waals surface area contributed by atoms with Gasteiger partial charge in [0.05, 0.1) is 30.3 Å². The van der Waals surface area contributed by atoms with E-state index in [1.807, 2.05) is 53.1 Å². The second kappa shape index (κ2) is 9.56. The van der Waals surface area contributed by atoms with Crippen molar-refractivity contribution in [1.82, 2.24) is 9.55 Å². The lowest BCUT2D eigenvalue weighted by molar-refractivity contribution is -0.137. The summed E-state index contributed by atoms with van der Waals surface area (Å²) in [6.45, 7) is 1.12. The standard InChI is InChI=1S/C27H24F3N3O3/c1-35-21-9-11-22(12-10-21)36-14-13-32-24-8-3-2-7-23(24)31-26(32)18-15-25(34)33(17-18)20-6-4-5-19(16-20)27(28,29)30/h2-12,16,18H,13-15,17H2,1H3. The number of hydrogen-bond acceptors (Lipinski definition) is 4. The number of halogens is 3. The van der Waals surface area contributed by atoms with Crippen LogP contribution in [0.1, 0.15) is 23.7 Å². The van der Waals surface area contributed by atoms with Crippen molar-refractivity contribution in [3.05, 3.63) is 84.2 Å². The molecule has 0 bridgehead atoms. The number of carbonyl (C=O) groups excluding carboxylic acids is 1. The van der Waals surface area contributed by atoms with Crippen LogP contribution in [0.15, 0.2) is 72.8 Å². The van der Waals surface area contributed by atoms with Gasteiger partial charge in [-0.05, 0) is 54.6 Å². The number of imidazole rings is 1. The molecule has 3 aromatic carbocycles. The summed E-state index contributed by atoms with van der Waals surface area (Å²) in [5, 5.41) is 0. The molecule has 0 saturated carbocycles. The van der Waals surface area contributed by atoms with E-state index < -0.39 is 11.7 Å². The van der Waals surface area contributed by atoms with E-state index in [0.29, 0.717) is 18.9 Å². The highest BCUT2D eigenvalue weighted by atomic mass is 19.4. The van der Waals surface area contributed by atoms with Crippen LogP contribution in [0.3, 0.4) is 0 Å². The summed E-state index contributed by atoms with van der Waals surface area (Å²) in [5.41, 5.74) is 1.17. The molecule has 1 amide bonds. The fourth-order valence-corrected chi connectivity index (χ4v) is 4.55. The molecule has 186 valence electrons. The molecule has 4 aromatic rings. The molecule has 1 unspecified atom stereocenters. The molecule has 1 aliphatic heterocycles. The van der Waals surface area contributed by atoms with Crippen LogP contribution < -0.4 is 14.4 Å². The zero-order valence-electron chi connectivity index (χ0n) is 19.5. The Balaban J connectivity index is 1.38. The number of alkyl halides is 3. The first-order valence-electron chi connectivity index (χ1n) is 11.5. The summed E-state index contributed by atoms with van der Waals surface area (Å²) in [4.78, 5) is 19.1. The van der Waals surface area contributed by atoms with Gasteiger partial charge in [-0.2, -0.15) is 13.2 Å². The maximum atomic E-state index is 13.2. The zero-order chi connectivity index (χ0) is 25.3. The lowest BCUT2D eigenvalue weighted by atomic mass is 10.1. The Morgan fingerprint density at radius 1 is 1.00 bits per heavy atom. The van der Waals surface area contributed by atoms with Gasteiger partial charge in [-0.15, -0.1) is 0 Å². The number of anilines is 1. The van der Waals surface area contributed by atoms with E-state index in [1.165, 1.54) is 17.0 Å². The Morgan fingerprint density at radius 2 is 1.75 bits per heavy atom. The molecular formula is C27H24F3N3O3.